The summed E-state index contributed by atoms with van der Waals surface area (Å²) in [5.74, 6) is -2.11. The van der Waals surface area contributed by atoms with E-state index >= 15 is 0 Å². The maximum Gasteiger partial charge on any atom is 0.414 e. The minimum absolute atomic E-state index is 0.543. The molecule has 0 amide bonds. The summed E-state index contributed by atoms with van der Waals surface area (Å²) in [6.07, 6.45) is 8.04. The number of aliphatic carboxylic acids is 2. The molecule has 172 valence electrons. The van der Waals surface area contributed by atoms with E-state index in [9.17, 15) is 0 Å². The lowest BCUT2D eigenvalue weighted by atomic mass is 9.94. The van der Waals surface area contributed by atoms with Gasteiger partial charge in [0, 0.05) is 12.6 Å². The number of carboxylic acid groups (broad SMARTS) is 2. The van der Waals surface area contributed by atoms with Gasteiger partial charge in [-0.1, -0.05) is 65.7 Å². The third kappa shape index (κ3) is 9.73. The summed E-state index contributed by atoms with van der Waals surface area (Å²) in [5.41, 5.74) is 1.27. The second kappa shape index (κ2) is 13.8. The van der Waals surface area contributed by atoms with Crippen LogP contribution in [0.25, 0.3) is 6.08 Å². The zero-order chi connectivity index (χ0) is 23.3. The number of nitrogens with zero attached hydrogens (tertiary/aromatic N) is 1. The molecule has 1 heterocycles. The Morgan fingerprint density at radius 3 is 2.25 bits per heavy atom. The van der Waals surface area contributed by atoms with Crippen molar-refractivity contribution in [1.29, 1.82) is 0 Å². The quantitative estimate of drug-likeness (QED) is 0.520. The largest absolute Gasteiger partial charge is 0.494 e. The maximum absolute atomic E-state index is 9.10. The second-order valence-electron chi connectivity index (χ2n) is 7.38. The fourth-order valence-corrected chi connectivity index (χ4v) is 3.56. The van der Waals surface area contributed by atoms with Crippen LogP contribution < -0.4 is 4.74 Å². The summed E-state index contributed by atoms with van der Waals surface area (Å²) in [7, 11) is 0. The van der Waals surface area contributed by atoms with Crippen molar-refractivity contribution in [2.75, 3.05) is 26.2 Å². The van der Waals surface area contributed by atoms with E-state index in [0.717, 1.165) is 44.3 Å². The smallest absolute Gasteiger partial charge is 0.414 e. The number of carbonyl (C=O) groups is 2. The first kappa shape index (κ1) is 25.7. The van der Waals surface area contributed by atoms with Gasteiger partial charge in [0.2, 0.25) is 0 Å². The topological polar surface area (TPSA) is 87.1 Å². The highest BCUT2D eigenvalue weighted by molar-refractivity contribution is 6.42. The number of hydrogen-bond donors (Lipinski definition) is 2. The van der Waals surface area contributed by atoms with Gasteiger partial charge in [-0.3, -0.25) is 4.90 Å². The fraction of sp³-hybridized carbons (Fsp3) is 0.333. The Kier molecular flexibility index (Phi) is 11.1. The number of piperidine rings is 1. The van der Waals surface area contributed by atoms with Crippen molar-refractivity contribution in [1.82, 2.24) is 4.90 Å². The van der Waals surface area contributed by atoms with Gasteiger partial charge in [0.15, 0.2) is 0 Å². The summed E-state index contributed by atoms with van der Waals surface area (Å²) < 4.78 is 5.82. The molecule has 0 aromatic heterocycles. The Labute approximate surface area is 198 Å². The first-order valence-electron chi connectivity index (χ1n) is 10.3. The molecule has 1 fully saturated rings. The summed E-state index contributed by atoms with van der Waals surface area (Å²) in [6.45, 7) is 4.09. The zero-order valence-corrected chi connectivity index (χ0v) is 19.1. The summed E-state index contributed by atoms with van der Waals surface area (Å²) in [5, 5.41) is 15.9. The van der Waals surface area contributed by atoms with Gasteiger partial charge < -0.3 is 14.9 Å². The highest BCUT2D eigenvalue weighted by Crippen LogP contribution is 2.27. The van der Waals surface area contributed by atoms with Gasteiger partial charge in [0.05, 0.1) is 16.7 Å². The van der Waals surface area contributed by atoms with E-state index in [2.05, 4.69) is 41.3 Å². The van der Waals surface area contributed by atoms with Crippen LogP contribution in [0.5, 0.6) is 5.75 Å². The molecule has 0 radical (unpaired) electrons. The minimum Gasteiger partial charge on any atom is -0.494 e. The monoisotopic (exact) mass is 479 g/mol. The molecule has 6 nitrogen and oxygen atoms in total. The Morgan fingerprint density at radius 1 is 1.00 bits per heavy atom. The molecule has 1 aliphatic rings. The molecule has 0 unspecified atom stereocenters. The molecule has 1 saturated heterocycles. The number of halogens is 2. The average Bonchev–Trinajstić information content (AvgIpc) is 2.78. The van der Waals surface area contributed by atoms with E-state index < -0.39 is 11.9 Å². The van der Waals surface area contributed by atoms with E-state index in [4.69, 9.17) is 47.7 Å². The minimum atomic E-state index is -1.82. The summed E-state index contributed by atoms with van der Waals surface area (Å²) in [4.78, 5) is 20.7. The number of benzene rings is 2. The maximum atomic E-state index is 9.10. The predicted molar refractivity (Wildman–Crippen MR) is 126 cm³/mol. The van der Waals surface area contributed by atoms with Gasteiger partial charge >= 0.3 is 11.9 Å². The third-order valence-electron chi connectivity index (χ3n) is 5.05. The Hall–Kier alpha value is -2.54. The Morgan fingerprint density at radius 2 is 1.66 bits per heavy atom. The van der Waals surface area contributed by atoms with Crippen molar-refractivity contribution >= 4 is 41.2 Å². The second-order valence-corrected chi connectivity index (χ2v) is 8.19. The molecule has 0 saturated carbocycles. The molecule has 0 bridgehead atoms. The van der Waals surface area contributed by atoms with Crippen LogP contribution in [-0.4, -0.2) is 53.3 Å². The first-order valence-corrected chi connectivity index (χ1v) is 11.1. The van der Waals surface area contributed by atoms with E-state index in [1.54, 1.807) is 12.1 Å². The number of ether oxygens (including phenoxy) is 1. The van der Waals surface area contributed by atoms with Crippen molar-refractivity contribution in [3.8, 4) is 5.75 Å². The molecule has 0 aliphatic carbocycles. The van der Waals surface area contributed by atoms with E-state index in [-0.39, 0.29) is 0 Å². The van der Waals surface area contributed by atoms with Crippen LogP contribution in [-0.2, 0) is 9.59 Å². The summed E-state index contributed by atoms with van der Waals surface area (Å²) in [6, 6.07) is 15.9. The molecule has 2 N–H and O–H groups in total. The first-order chi connectivity index (χ1) is 15.3. The molecule has 2 aromatic carbocycles. The van der Waals surface area contributed by atoms with Gasteiger partial charge in [0.25, 0.3) is 0 Å². The van der Waals surface area contributed by atoms with E-state index in [1.165, 1.54) is 18.4 Å². The number of carboxylic acids is 2. The lowest BCUT2D eigenvalue weighted by Gasteiger charge is -2.31. The van der Waals surface area contributed by atoms with Crippen LogP contribution in [0.1, 0.15) is 24.8 Å². The SMILES string of the molecule is Clc1ccc(OCCC2CCN(C/C=C/c3ccccc3)CC2)cc1Cl.O=C(O)C(=O)O. The van der Waals surface area contributed by atoms with Gasteiger partial charge in [-0.05, 0) is 56.0 Å². The van der Waals surface area contributed by atoms with E-state index in [0.29, 0.717) is 10.0 Å². The van der Waals surface area contributed by atoms with Crippen LogP contribution >= 0.6 is 23.2 Å². The highest BCUT2D eigenvalue weighted by Gasteiger charge is 2.18. The van der Waals surface area contributed by atoms with Gasteiger partial charge in [0.1, 0.15) is 5.75 Å². The van der Waals surface area contributed by atoms with Crippen LogP contribution in [0.2, 0.25) is 10.0 Å². The predicted octanol–water partition coefficient (Wildman–Crippen LogP) is 5.34. The molecule has 1 aliphatic heterocycles. The third-order valence-corrected chi connectivity index (χ3v) is 5.79. The fourth-order valence-electron chi connectivity index (χ4n) is 3.27. The van der Waals surface area contributed by atoms with Crippen molar-refractivity contribution in [2.45, 2.75) is 19.3 Å². The molecular formula is C24H27Cl2NO5. The number of likely N-dealkylation sites (tertiary alicyclic amines) is 1. The average molecular weight is 480 g/mol. The van der Waals surface area contributed by atoms with Crippen molar-refractivity contribution in [3.05, 3.63) is 70.2 Å². The molecule has 2 aromatic rings. The van der Waals surface area contributed by atoms with Crippen molar-refractivity contribution in [3.63, 3.8) is 0 Å². The van der Waals surface area contributed by atoms with Crippen LogP contribution in [0.4, 0.5) is 0 Å². The molecule has 0 spiro atoms. The lowest BCUT2D eigenvalue weighted by molar-refractivity contribution is -0.159. The van der Waals surface area contributed by atoms with Gasteiger partial charge in [-0.15, -0.1) is 0 Å². The Bertz CT molecular complexity index is 885. The highest BCUT2D eigenvalue weighted by atomic mass is 35.5. The standard InChI is InChI=1S/C22H25Cl2NO.C2H2O4/c23-21-9-8-20(17-22(21)24)26-16-12-19-10-14-25(15-11-19)13-4-7-18-5-2-1-3-6-18;3-1(4)2(5)6/h1-9,17,19H,10-16H2;(H,3,4)(H,5,6)/b7-4+;. The van der Waals surface area contributed by atoms with E-state index in [1.807, 2.05) is 12.1 Å². The molecule has 8 heteroatoms. The summed E-state index contributed by atoms with van der Waals surface area (Å²) >= 11 is 11.9. The van der Waals surface area contributed by atoms with Crippen molar-refractivity contribution < 1.29 is 24.5 Å². The van der Waals surface area contributed by atoms with Crippen LogP contribution in [0.15, 0.2) is 54.6 Å². The lowest BCUT2D eigenvalue weighted by Crippen LogP contribution is -2.34. The van der Waals surface area contributed by atoms with Crippen LogP contribution in [0.3, 0.4) is 0 Å². The zero-order valence-electron chi connectivity index (χ0n) is 17.6. The molecule has 3 rings (SSSR count). The Balaban J connectivity index is 0.000000534. The molecule has 32 heavy (non-hydrogen) atoms. The van der Waals surface area contributed by atoms with Crippen LogP contribution in [0, 0.1) is 5.92 Å². The molecular weight excluding hydrogens is 453 g/mol. The van der Waals surface area contributed by atoms with Crippen molar-refractivity contribution in [2.24, 2.45) is 5.92 Å². The molecule has 0 atom stereocenters. The number of hydrogen-bond acceptors (Lipinski definition) is 4. The van der Waals surface area contributed by atoms with Gasteiger partial charge in [-0.2, -0.15) is 0 Å². The normalized spacial score (nSPS) is 14.6. The number of rotatable bonds is 7. The van der Waals surface area contributed by atoms with Gasteiger partial charge in [-0.25, -0.2) is 9.59 Å².